The largest absolute Gasteiger partial charge is 0.280 e. The van der Waals surface area contributed by atoms with E-state index in [0.29, 0.717) is 12.8 Å². The highest BCUT2D eigenvalue weighted by molar-refractivity contribution is 7.87. The maximum atomic E-state index is 11.2. The van der Waals surface area contributed by atoms with Gasteiger partial charge in [0.15, 0.2) is 0 Å². The first-order valence-electron chi connectivity index (χ1n) is 3.55. The van der Waals surface area contributed by atoms with Gasteiger partial charge in [-0.1, -0.05) is 0 Å². The average Bonchev–Trinajstić information content (AvgIpc) is 2.68. The molecule has 0 unspecified atom stereocenters. The Morgan fingerprint density at radius 2 is 2.00 bits per heavy atom. The molecular weight excluding hydrogens is 178 g/mol. The minimum absolute atomic E-state index is 0.608. The van der Waals surface area contributed by atoms with Gasteiger partial charge in [0, 0.05) is 14.1 Å². The van der Waals surface area contributed by atoms with E-state index in [0.717, 1.165) is 4.31 Å². The molecule has 0 amide bonds. The van der Waals surface area contributed by atoms with Crippen LogP contribution in [0, 0.1) is 11.3 Å². The Morgan fingerprint density at radius 1 is 1.50 bits per heavy atom. The van der Waals surface area contributed by atoms with Crippen LogP contribution in [0.5, 0.6) is 0 Å². The maximum Gasteiger partial charge on any atom is 0.280 e. The van der Waals surface area contributed by atoms with Crippen LogP contribution in [0.2, 0.25) is 0 Å². The van der Waals surface area contributed by atoms with E-state index < -0.39 is 15.7 Å². The van der Waals surface area contributed by atoms with Crippen LogP contribution in [-0.4, -0.2) is 32.4 Å². The molecule has 0 saturated heterocycles. The maximum absolute atomic E-state index is 11.2. The zero-order valence-electron chi connectivity index (χ0n) is 7.03. The number of nitrogens with one attached hydrogen (secondary N) is 1. The average molecular weight is 189 g/mol. The van der Waals surface area contributed by atoms with Gasteiger partial charge in [-0.2, -0.15) is 22.7 Å². The van der Waals surface area contributed by atoms with Gasteiger partial charge in [-0.15, -0.1) is 0 Å². The van der Waals surface area contributed by atoms with Crippen LogP contribution in [0.4, 0.5) is 0 Å². The van der Waals surface area contributed by atoms with Crippen LogP contribution >= 0.6 is 0 Å². The molecule has 12 heavy (non-hydrogen) atoms. The molecule has 0 heterocycles. The van der Waals surface area contributed by atoms with E-state index in [4.69, 9.17) is 5.26 Å². The van der Waals surface area contributed by atoms with Gasteiger partial charge >= 0.3 is 0 Å². The molecule has 5 nitrogen and oxygen atoms in total. The Hall–Kier alpha value is -0.640. The molecular formula is C6H11N3O2S. The third kappa shape index (κ3) is 1.75. The third-order valence-corrected chi connectivity index (χ3v) is 3.38. The Morgan fingerprint density at radius 3 is 2.25 bits per heavy atom. The Bertz CT molecular complexity index is 310. The zero-order chi connectivity index (χ0) is 9.41. The molecule has 1 rings (SSSR count). The second-order valence-electron chi connectivity index (χ2n) is 3.08. The Kier molecular flexibility index (Phi) is 2.12. The molecule has 0 aromatic rings. The van der Waals surface area contributed by atoms with E-state index in [1.54, 1.807) is 0 Å². The molecule has 68 valence electrons. The second kappa shape index (κ2) is 2.69. The molecule has 6 heteroatoms. The molecule has 0 aromatic heterocycles. The number of nitriles is 1. The molecule has 0 aromatic carbocycles. The second-order valence-corrected chi connectivity index (χ2v) is 4.97. The predicted octanol–water partition coefficient (Wildman–Crippen LogP) is -0.561. The van der Waals surface area contributed by atoms with E-state index in [1.165, 1.54) is 14.1 Å². The van der Waals surface area contributed by atoms with Gasteiger partial charge in [-0.3, -0.25) is 0 Å². The monoisotopic (exact) mass is 189 g/mol. The molecule has 0 aliphatic heterocycles. The van der Waals surface area contributed by atoms with Crippen LogP contribution in [-0.2, 0) is 10.2 Å². The van der Waals surface area contributed by atoms with Crippen molar-refractivity contribution in [2.75, 3.05) is 14.1 Å². The summed E-state index contributed by atoms with van der Waals surface area (Å²) in [6.45, 7) is 0. The minimum atomic E-state index is -3.44. The lowest BCUT2D eigenvalue weighted by Crippen LogP contribution is -2.42. The number of hydrogen-bond donors (Lipinski definition) is 1. The van der Waals surface area contributed by atoms with Gasteiger partial charge in [0.2, 0.25) is 0 Å². The first-order valence-corrected chi connectivity index (χ1v) is 4.99. The van der Waals surface area contributed by atoms with Gasteiger partial charge in [0.05, 0.1) is 6.07 Å². The predicted molar refractivity (Wildman–Crippen MR) is 43.3 cm³/mol. The van der Waals surface area contributed by atoms with Crippen molar-refractivity contribution in [3.8, 4) is 6.07 Å². The molecule has 1 N–H and O–H groups in total. The molecule has 0 atom stereocenters. The highest BCUT2D eigenvalue weighted by atomic mass is 32.2. The quantitative estimate of drug-likeness (QED) is 0.646. The van der Waals surface area contributed by atoms with Gasteiger partial charge in [-0.25, -0.2) is 0 Å². The molecule has 1 aliphatic rings. The summed E-state index contributed by atoms with van der Waals surface area (Å²) in [6.07, 6.45) is 1.22. The van der Waals surface area contributed by atoms with Crippen LogP contribution in [0.15, 0.2) is 0 Å². The zero-order valence-corrected chi connectivity index (χ0v) is 7.85. The first kappa shape index (κ1) is 9.45. The van der Waals surface area contributed by atoms with Gasteiger partial charge < -0.3 is 0 Å². The summed E-state index contributed by atoms with van der Waals surface area (Å²) in [5.74, 6) is 0. The molecule has 1 saturated carbocycles. The summed E-state index contributed by atoms with van der Waals surface area (Å²) >= 11 is 0. The highest BCUT2D eigenvalue weighted by Crippen LogP contribution is 2.35. The van der Waals surface area contributed by atoms with Gasteiger partial charge in [0.1, 0.15) is 5.54 Å². The standard InChI is InChI=1S/C6H11N3O2S/c1-9(2)12(10,11)8-6(5-7)3-4-6/h8H,3-4H2,1-2H3. The van der Waals surface area contributed by atoms with Crippen molar-refractivity contribution in [1.29, 1.82) is 5.26 Å². The van der Waals surface area contributed by atoms with E-state index in [2.05, 4.69) is 4.72 Å². The number of rotatable bonds is 3. The van der Waals surface area contributed by atoms with Crippen LogP contribution < -0.4 is 4.72 Å². The van der Waals surface area contributed by atoms with E-state index in [9.17, 15) is 8.42 Å². The molecule has 1 fully saturated rings. The van der Waals surface area contributed by atoms with Crippen molar-refractivity contribution >= 4 is 10.2 Å². The lowest BCUT2D eigenvalue weighted by molar-refractivity contribution is 0.497. The number of nitrogens with zero attached hydrogens (tertiary/aromatic N) is 2. The van der Waals surface area contributed by atoms with Crippen molar-refractivity contribution in [3.63, 3.8) is 0 Å². The van der Waals surface area contributed by atoms with Crippen LogP contribution in [0.25, 0.3) is 0 Å². The van der Waals surface area contributed by atoms with E-state index in [-0.39, 0.29) is 0 Å². The van der Waals surface area contributed by atoms with Crippen molar-refractivity contribution in [3.05, 3.63) is 0 Å². The van der Waals surface area contributed by atoms with Gasteiger partial charge in [-0.05, 0) is 12.8 Å². The summed E-state index contributed by atoms with van der Waals surface area (Å²) in [4.78, 5) is 0. The lowest BCUT2D eigenvalue weighted by Gasteiger charge is -2.14. The molecule has 0 bridgehead atoms. The summed E-state index contributed by atoms with van der Waals surface area (Å²) in [5.41, 5.74) is -0.816. The molecule has 0 radical (unpaired) electrons. The highest BCUT2D eigenvalue weighted by Gasteiger charge is 2.46. The SMILES string of the molecule is CN(C)S(=O)(=O)NC1(C#N)CC1. The third-order valence-electron chi connectivity index (χ3n) is 1.77. The topological polar surface area (TPSA) is 73.2 Å². The van der Waals surface area contributed by atoms with Crippen molar-refractivity contribution < 1.29 is 8.42 Å². The fraction of sp³-hybridized carbons (Fsp3) is 0.833. The summed E-state index contributed by atoms with van der Waals surface area (Å²) in [7, 11) is -0.592. The van der Waals surface area contributed by atoms with Crippen molar-refractivity contribution in [2.24, 2.45) is 0 Å². The Balaban J connectivity index is 2.71. The van der Waals surface area contributed by atoms with Gasteiger partial charge in [0.25, 0.3) is 10.2 Å². The fourth-order valence-electron chi connectivity index (χ4n) is 0.700. The van der Waals surface area contributed by atoms with Crippen LogP contribution in [0.1, 0.15) is 12.8 Å². The van der Waals surface area contributed by atoms with Crippen molar-refractivity contribution in [2.45, 2.75) is 18.4 Å². The number of hydrogen-bond acceptors (Lipinski definition) is 3. The van der Waals surface area contributed by atoms with Crippen molar-refractivity contribution in [1.82, 2.24) is 9.03 Å². The van der Waals surface area contributed by atoms with E-state index in [1.807, 2.05) is 6.07 Å². The van der Waals surface area contributed by atoms with E-state index >= 15 is 0 Å². The summed E-state index contributed by atoms with van der Waals surface area (Å²) in [6, 6.07) is 1.95. The Labute approximate surface area is 72.2 Å². The molecule has 1 aliphatic carbocycles. The smallest absolute Gasteiger partial charge is 0.196 e. The first-order chi connectivity index (χ1) is 5.42. The van der Waals surface area contributed by atoms with Crippen LogP contribution in [0.3, 0.4) is 0 Å². The minimum Gasteiger partial charge on any atom is -0.196 e. The normalized spacial score (nSPS) is 20.5. The molecule has 0 spiro atoms. The lowest BCUT2D eigenvalue weighted by atomic mass is 10.3. The summed E-state index contributed by atoms with van der Waals surface area (Å²) < 4.78 is 25.8. The fourth-order valence-corrected chi connectivity index (χ4v) is 1.63. The summed E-state index contributed by atoms with van der Waals surface area (Å²) in [5, 5.41) is 8.61.